The molecule has 1 heterocycles. The van der Waals surface area contributed by atoms with Gasteiger partial charge in [0.25, 0.3) is 0 Å². The van der Waals surface area contributed by atoms with E-state index >= 15 is 0 Å². The smallest absolute Gasteiger partial charge is 0.0802 e. The number of thioether (sulfide) groups is 1. The van der Waals surface area contributed by atoms with E-state index in [0.29, 0.717) is 16.5 Å². The SMILES string of the molecule is CSc1ccccc1N1CCN(CCC(O)c2ccc(Cl)c(Cl)c2)CC1. The van der Waals surface area contributed by atoms with Crippen LogP contribution in [-0.4, -0.2) is 49.0 Å². The first-order valence-electron chi connectivity index (χ1n) is 8.82. The molecule has 2 aromatic carbocycles. The van der Waals surface area contributed by atoms with Gasteiger partial charge in [0.2, 0.25) is 0 Å². The van der Waals surface area contributed by atoms with Gasteiger partial charge < -0.3 is 10.0 Å². The topological polar surface area (TPSA) is 26.7 Å². The number of piperazine rings is 1. The van der Waals surface area contributed by atoms with E-state index in [-0.39, 0.29) is 0 Å². The number of hydrogen-bond donors (Lipinski definition) is 1. The van der Waals surface area contributed by atoms with Crippen LogP contribution < -0.4 is 4.90 Å². The minimum Gasteiger partial charge on any atom is -0.388 e. The quantitative estimate of drug-likeness (QED) is 0.680. The van der Waals surface area contributed by atoms with Crippen LogP contribution >= 0.6 is 35.0 Å². The van der Waals surface area contributed by atoms with Crippen LogP contribution in [0.2, 0.25) is 10.0 Å². The molecule has 26 heavy (non-hydrogen) atoms. The van der Waals surface area contributed by atoms with Gasteiger partial charge in [0, 0.05) is 37.6 Å². The van der Waals surface area contributed by atoms with Gasteiger partial charge in [0.05, 0.1) is 21.8 Å². The van der Waals surface area contributed by atoms with Crippen molar-refractivity contribution in [3.8, 4) is 0 Å². The highest BCUT2D eigenvalue weighted by molar-refractivity contribution is 7.98. The molecule has 0 aromatic heterocycles. The number of anilines is 1. The number of aliphatic hydroxyl groups is 1. The zero-order valence-electron chi connectivity index (χ0n) is 14.9. The number of halogens is 2. The molecule has 140 valence electrons. The van der Waals surface area contributed by atoms with Crippen molar-refractivity contribution in [2.45, 2.75) is 17.4 Å². The first-order valence-corrected chi connectivity index (χ1v) is 10.8. The van der Waals surface area contributed by atoms with Crippen molar-refractivity contribution < 1.29 is 5.11 Å². The van der Waals surface area contributed by atoms with E-state index in [9.17, 15) is 5.11 Å². The average molecular weight is 411 g/mol. The third-order valence-electron chi connectivity index (χ3n) is 4.85. The monoisotopic (exact) mass is 410 g/mol. The number of para-hydroxylation sites is 1. The summed E-state index contributed by atoms with van der Waals surface area (Å²) in [5.41, 5.74) is 2.16. The molecule has 1 unspecified atom stereocenters. The summed E-state index contributed by atoms with van der Waals surface area (Å²) in [7, 11) is 0. The molecule has 0 saturated carbocycles. The van der Waals surface area contributed by atoms with Crippen LogP contribution in [0.4, 0.5) is 5.69 Å². The van der Waals surface area contributed by atoms with E-state index in [4.69, 9.17) is 23.2 Å². The molecular weight excluding hydrogens is 387 g/mol. The molecule has 1 saturated heterocycles. The molecule has 0 amide bonds. The van der Waals surface area contributed by atoms with E-state index in [2.05, 4.69) is 40.3 Å². The van der Waals surface area contributed by atoms with Crippen molar-refractivity contribution in [1.82, 2.24) is 4.90 Å². The van der Waals surface area contributed by atoms with Crippen molar-refractivity contribution in [2.75, 3.05) is 43.9 Å². The normalized spacial score (nSPS) is 16.7. The molecule has 0 aliphatic carbocycles. The lowest BCUT2D eigenvalue weighted by molar-refractivity contribution is 0.139. The maximum atomic E-state index is 10.4. The van der Waals surface area contributed by atoms with Crippen molar-refractivity contribution >= 4 is 40.7 Å². The number of benzene rings is 2. The van der Waals surface area contributed by atoms with E-state index in [1.807, 2.05) is 6.07 Å². The van der Waals surface area contributed by atoms with E-state index < -0.39 is 6.10 Å². The zero-order chi connectivity index (χ0) is 18.5. The van der Waals surface area contributed by atoms with E-state index in [1.165, 1.54) is 10.6 Å². The van der Waals surface area contributed by atoms with Crippen LogP contribution in [0, 0.1) is 0 Å². The fraction of sp³-hybridized carbons (Fsp3) is 0.400. The first-order chi connectivity index (χ1) is 12.6. The van der Waals surface area contributed by atoms with Crippen LogP contribution in [-0.2, 0) is 0 Å². The summed E-state index contributed by atoms with van der Waals surface area (Å²) in [6.07, 6.45) is 2.30. The summed E-state index contributed by atoms with van der Waals surface area (Å²) < 4.78 is 0. The molecule has 0 spiro atoms. The Kier molecular flexibility index (Phi) is 7.12. The van der Waals surface area contributed by atoms with Gasteiger partial charge in [0.15, 0.2) is 0 Å². The lowest BCUT2D eigenvalue weighted by atomic mass is 10.1. The number of aliphatic hydroxyl groups excluding tert-OH is 1. The Morgan fingerprint density at radius 3 is 2.46 bits per heavy atom. The van der Waals surface area contributed by atoms with Crippen LogP contribution in [0.25, 0.3) is 0 Å². The van der Waals surface area contributed by atoms with Gasteiger partial charge in [-0.25, -0.2) is 0 Å². The van der Waals surface area contributed by atoms with Crippen LogP contribution in [0.3, 0.4) is 0 Å². The molecule has 2 aromatic rings. The second-order valence-electron chi connectivity index (χ2n) is 6.48. The Hall–Kier alpha value is -0.910. The highest BCUT2D eigenvalue weighted by atomic mass is 35.5. The van der Waals surface area contributed by atoms with E-state index in [1.54, 1.807) is 23.9 Å². The maximum Gasteiger partial charge on any atom is 0.0802 e. The summed E-state index contributed by atoms with van der Waals surface area (Å²) in [4.78, 5) is 6.20. The highest BCUT2D eigenvalue weighted by Crippen LogP contribution is 2.30. The van der Waals surface area contributed by atoms with Gasteiger partial charge in [-0.1, -0.05) is 41.4 Å². The number of hydrogen-bond acceptors (Lipinski definition) is 4. The molecule has 1 N–H and O–H groups in total. The van der Waals surface area contributed by atoms with Crippen LogP contribution in [0.15, 0.2) is 47.4 Å². The minimum absolute atomic E-state index is 0.490. The molecule has 1 fully saturated rings. The summed E-state index contributed by atoms with van der Waals surface area (Å²) >= 11 is 13.8. The largest absolute Gasteiger partial charge is 0.388 e. The Morgan fingerprint density at radius 2 is 1.77 bits per heavy atom. The standard InChI is InChI=1S/C20H24Cl2N2OS/c1-26-20-5-3-2-4-18(20)24-12-10-23(11-13-24)9-8-19(25)15-6-7-16(21)17(22)14-15/h2-7,14,19,25H,8-13H2,1H3. The van der Waals surface area contributed by atoms with Crippen molar-refractivity contribution in [2.24, 2.45) is 0 Å². The fourth-order valence-corrected chi connectivity index (χ4v) is 4.22. The fourth-order valence-electron chi connectivity index (χ4n) is 3.29. The number of rotatable bonds is 6. The lowest BCUT2D eigenvalue weighted by Gasteiger charge is -2.37. The third kappa shape index (κ3) is 4.87. The Morgan fingerprint density at radius 1 is 1.04 bits per heavy atom. The zero-order valence-corrected chi connectivity index (χ0v) is 17.2. The Bertz CT molecular complexity index is 736. The Labute approximate surface area is 169 Å². The molecule has 1 atom stereocenters. The van der Waals surface area contributed by atoms with Crippen molar-refractivity contribution in [3.63, 3.8) is 0 Å². The Balaban J connectivity index is 1.50. The summed E-state index contributed by atoms with van der Waals surface area (Å²) in [6.45, 7) is 4.92. The summed E-state index contributed by atoms with van der Waals surface area (Å²) in [5, 5.41) is 11.4. The molecule has 6 heteroatoms. The van der Waals surface area contributed by atoms with Gasteiger partial charge in [-0.3, -0.25) is 4.90 Å². The minimum atomic E-state index is -0.514. The van der Waals surface area contributed by atoms with Gasteiger partial charge in [-0.2, -0.15) is 0 Å². The summed E-state index contributed by atoms with van der Waals surface area (Å²) in [5.74, 6) is 0. The second kappa shape index (κ2) is 9.34. The highest BCUT2D eigenvalue weighted by Gasteiger charge is 2.20. The molecule has 0 radical (unpaired) electrons. The molecular formula is C20H24Cl2N2OS. The predicted molar refractivity (Wildman–Crippen MR) is 113 cm³/mol. The molecule has 1 aliphatic heterocycles. The van der Waals surface area contributed by atoms with E-state index in [0.717, 1.165) is 38.3 Å². The predicted octanol–water partition coefficient (Wildman–Crippen LogP) is 4.96. The second-order valence-corrected chi connectivity index (χ2v) is 8.14. The number of nitrogens with zero attached hydrogens (tertiary/aromatic N) is 2. The van der Waals surface area contributed by atoms with Gasteiger partial charge in [-0.15, -0.1) is 11.8 Å². The van der Waals surface area contributed by atoms with Crippen LogP contribution in [0.1, 0.15) is 18.1 Å². The maximum absolute atomic E-state index is 10.4. The lowest BCUT2D eigenvalue weighted by Crippen LogP contribution is -2.47. The van der Waals surface area contributed by atoms with Crippen molar-refractivity contribution in [1.29, 1.82) is 0 Å². The van der Waals surface area contributed by atoms with Gasteiger partial charge in [0.1, 0.15) is 0 Å². The molecule has 1 aliphatic rings. The molecule has 0 bridgehead atoms. The average Bonchev–Trinajstić information content (AvgIpc) is 2.68. The van der Waals surface area contributed by atoms with Gasteiger partial charge >= 0.3 is 0 Å². The third-order valence-corrected chi connectivity index (χ3v) is 6.37. The van der Waals surface area contributed by atoms with Gasteiger partial charge in [-0.05, 0) is 42.5 Å². The van der Waals surface area contributed by atoms with Crippen LogP contribution in [0.5, 0.6) is 0 Å². The van der Waals surface area contributed by atoms with Crippen molar-refractivity contribution in [3.05, 3.63) is 58.1 Å². The molecule has 3 nitrogen and oxygen atoms in total. The first kappa shape index (κ1) is 19.8. The molecule has 3 rings (SSSR count). The summed E-state index contributed by atoms with van der Waals surface area (Å²) in [6, 6.07) is 13.9.